The Balaban J connectivity index is -0.000000664. The van der Waals surface area contributed by atoms with Crippen molar-refractivity contribution in [1.82, 2.24) is 0 Å². The molecule has 0 rings (SSSR count). The highest BCUT2D eigenvalue weighted by molar-refractivity contribution is 5.91. The Morgan fingerprint density at radius 2 is 0.978 bits per heavy atom. The van der Waals surface area contributed by atoms with E-state index in [0.29, 0.717) is 12.8 Å². The number of hydrogen-bond donors (Lipinski definition) is 7. The average Bonchev–Trinajstić information content (AvgIpc) is 3.01. The predicted molar refractivity (Wildman–Crippen MR) is 176 cm³/mol. The highest BCUT2D eigenvalue weighted by Gasteiger charge is 2.61. The van der Waals surface area contributed by atoms with Crippen molar-refractivity contribution in [2.75, 3.05) is 19.8 Å². The molecule has 270 valence electrons. The minimum atomic E-state index is -2.43. The quantitative estimate of drug-likeness (QED) is 0.0466. The van der Waals surface area contributed by atoms with Gasteiger partial charge in [0.2, 0.25) is 11.2 Å². The number of ether oxygens (including phenoxy) is 1. The molecule has 0 aromatic carbocycles. The van der Waals surface area contributed by atoms with Crippen LogP contribution in [0, 0.1) is 0 Å². The number of aliphatic hydroxyl groups excluding tert-OH is 3. The van der Waals surface area contributed by atoms with Gasteiger partial charge < -0.3 is 40.5 Å². The topological polar surface area (TPSA) is 202 Å². The Bertz CT molecular complexity index is 700. The summed E-state index contributed by atoms with van der Waals surface area (Å²) >= 11 is 0. The molecule has 0 saturated carbocycles. The molecule has 0 fully saturated rings. The lowest BCUT2D eigenvalue weighted by atomic mass is 9.76. The van der Waals surface area contributed by atoms with Crippen molar-refractivity contribution in [3.8, 4) is 0 Å². The van der Waals surface area contributed by atoms with Gasteiger partial charge in [-0.05, 0) is 32.6 Å². The molecule has 0 bridgehead atoms. The molecule has 2 unspecified atom stereocenters. The third-order valence-electron chi connectivity index (χ3n) is 7.82. The highest BCUT2D eigenvalue weighted by atomic mass is 16.5. The van der Waals surface area contributed by atoms with Gasteiger partial charge in [-0.2, -0.15) is 0 Å². The van der Waals surface area contributed by atoms with Gasteiger partial charge in [0.25, 0.3) is 0 Å². The number of unbranched alkanes of at least 4 members (excludes halogenated alkanes) is 16. The molecule has 0 saturated heterocycles. The monoisotopic (exact) mass is 652 g/mol. The van der Waals surface area contributed by atoms with Gasteiger partial charge in [-0.3, -0.25) is 4.79 Å². The fourth-order valence-corrected chi connectivity index (χ4v) is 4.93. The zero-order chi connectivity index (χ0) is 35.0. The van der Waals surface area contributed by atoms with Crippen LogP contribution in [0.5, 0.6) is 0 Å². The summed E-state index contributed by atoms with van der Waals surface area (Å²) in [5, 5.41) is 61.5. The third-order valence-corrected chi connectivity index (χ3v) is 7.82. The minimum absolute atomic E-state index is 0.0218. The van der Waals surface area contributed by atoms with Crippen molar-refractivity contribution >= 4 is 17.9 Å². The highest BCUT2D eigenvalue weighted by Crippen LogP contribution is 2.35. The van der Waals surface area contributed by atoms with Crippen molar-refractivity contribution in [3.05, 3.63) is 0 Å². The second-order valence-corrected chi connectivity index (χ2v) is 11.7. The van der Waals surface area contributed by atoms with Crippen molar-refractivity contribution < 1.29 is 54.9 Å². The Labute approximate surface area is 272 Å². The van der Waals surface area contributed by atoms with Gasteiger partial charge in [-0.25, -0.2) is 9.59 Å². The number of aliphatic carboxylic acids is 3. The van der Waals surface area contributed by atoms with Gasteiger partial charge in [-0.15, -0.1) is 0 Å². The summed E-state index contributed by atoms with van der Waals surface area (Å²) in [6.07, 6.45) is 21.1. The van der Waals surface area contributed by atoms with Gasteiger partial charge in [0, 0.05) is 13.0 Å². The summed E-state index contributed by atoms with van der Waals surface area (Å²) in [6.45, 7) is 6.53. The summed E-state index contributed by atoms with van der Waals surface area (Å²) in [5.41, 5.74) is -4.53. The van der Waals surface area contributed by atoms with Crippen LogP contribution in [-0.4, -0.2) is 90.8 Å². The predicted octanol–water partition coefficient (Wildman–Crippen LogP) is 6.32. The molecule has 0 aromatic rings. The van der Waals surface area contributed by atoms with E-state index < -0.39 is 35.2 Å². The maximum Gasteiger partial charge on any atom is 0.339 e. The van der Waals surface area contributed by atoms with Crippen LogP contribution in [0.15, 0.2) is 0 Å². The van der Waals surface area contributed by atoms with Crippen LogP contribution in [0.4, 0.5) is 0 Å². The van der Waals surface area contributed by atoms with E-state index in [2.05, 4.69) is 6.92 Å². The molecule has 7 N–H and O–H groups in total. The Kier molecular flexibility index (Phi) is 34.0. The van der Waals surface area contributed by atoms with E-state index in [1.54, 1.807) is 6.92 Å². The molecule has 0 aliphatic rings. The largest absolute Gasteiger partial charge is 0.481 e. The number of aliphatic hydroxyl groups is 4. The molecule has 0 aliphatic heterocycles. The van der Waals surface area contributed by atoms with E-state index in [1.807, 2.05) is 6.92 Å². The van der Waals surface area contributed by atoms with Crippen LogP contribution in [0.3, 0.4) is 0 Å². The van der Waals surface area contributed by atoms with E-state index in [9.17, 15) is 29.7 Å². The van der Waals surface area contributed by atoms with Crippen molar-refractivity contribution in [3.63, 3.8) is 0 Å². The molecule has 0 amide bonds. The van der Waals surface area contributed by atoms with E-state index in [1.165, 1.54) is 90.4 Å². The lowest BCUT2D eigenvalue weighted by Gasteiger charge is -2.40. The minimum Gasteiger partial charge on any atom is -0.481 e. The molecule has 0 aliphatic carbocycles. The summed E-state index contributed by atoms with van der Waals surface area (Å²) in [5.74, 6) is -3.65. The fraction of sp³-hybridized carbons (Fsp3) is 0.912. The van der Waals surface area contributed by atoms with Crippen LogP contribution in [0.25, 0.3) is 0 Å². The molecule has 0 spiro atoms. The lowest BCUT2D eigenvalue weighted by molar-refractivity contribution is -0.221. The Morgan fingerprint density at radius 3 is 1.24 bits per heavy atom. The van der Waals surface area contributed by atoms with Gasteiger partial charge in [0.05, 0.1) is 13.2 Å². The number of carbonyl (C=O) groups is 3. The van der Waals surface area contributed by atoms with Gasteiger partial charge >= 0.3 is 17.9 Å². The zero-order valence-electron chi connectivity index (χ0n) is 28.8. The van der Waals surface area contributed by atoms with E-state index in [-0.39, 0.29) is 32.7 Å². The van der Waals surface area contributed by atoms with Crippen molar-refractivity contribution in [2.24, 2.45) is 0 Å². The molecule has 11 nitrogen and oxygen atoms in total. The van der Waals surface area contributed by atoms with Crippen LogP contribution in [0.2, 0.25) is 0 Å². The normalized spacial score (nSPS) is 13.5. The molecule has 45 heavy (non-hydrogen) atoms. The summed E-state index contributed by atoms with van der Waals surface area (Å²) in [4.78, 5) is 33.2. The maximum atomic E-state index is 11.6. The molecule has 0 aromatic heterocycles. The Hall–Kier alpha value is -1.79. The maximum absolute atomic E-state index is 11.6. The fourth-order valence-electron chi connectivity index (χ4n) is 4.93. The molecule has 0 heterocycles. The SMILES string of the molecule is CCCCCC(OCC)(C(=O)O)C(O)(CC)C(=O)O.CCCCCCCCCCCCCCCCCC(=O)O.OCC(O)CO. The van der Waals surface area contributed by atoms with E-state index >= 15 is 0 Å². The van der Waals surface area contributed by atoms with Gasteiger partial charge in [0.15, 0.2) is 0 Å². The first kappa shape index (κ1) is 47.6. The average molecular weight is 653 g/mol. The second kappa shape index (κ2) is 32.2. The lowest BCUT2D eigenvalue weighted by Crippen LogP contribution is -2.64. The first-order valence-electron chi connectivity index (χ1n) is 17.3. The van der Waals surface area contributed by atoms with Crippen LogP contribution < -0.4 is 0 Å². The second-order valence-electron chi connectivity index (χ2n) is 11.7. The summed E-state index contributed by atoms with van der Waals surface area (Å²) < 4.78 is 5.22. The number of carboxylic acid groups (broad SMARTS) is 3. The number of carboxylic acids is 3. The standard InChI is InChI=1S/C18H36O2.C13H24O6.C3H8O3/c1-2-3-4-5-6-7-8-9-10-11-12-13-14-15-16-17-18(19)20;1-4-7-8-9-13(11(16)17,19-6-3)12(18,5-2)10(14)15;4-1-3(6)2-5/h2-17H2,1H3,(H,19,20);18H,4-9H2,1-3H3,(H,14,15)(H,16,17);3-6H,1-2H2. The number of hydrogen-bond acceptors (Lipinski definition) is 8. The Morgan fingerprint density at radius 1 is 0.600 bits per heavy atom. The van der Waals surface area contributed by atoms with E-state index in [4.69, 9.17) is 25.2 Å². The third kappa shape index (κ3) is 24.1. The molecule has 0 radical (unpaired) electrons. The molecule has 2 atom stereocenters. The van der Waals surface area contributed by atoms with Crippen molar-refractivity contribution in [2.45, 2.75) is 180 Å². The van der Waals surface area contributed by atoms with Crippen molar-refractivity contribution in [1.29, 1.82) is 0 Å². The molecule has 11 heteroatoms. The number of rotatable bonds is 28. The van der Waals surface area contributed by atoms with Gasteiger partial charge in [-0.1, -0.05) is 124 Å². The molecular formula is C34H68O11. The molecular weight excluding hydrogens is 584 g/mol. The first-order chi connectivity index (χ1) is 21.4. The summed E-state index contributed by atoms with van der Waals surface area (Å²) in [6, 6.07) is 0. The first-order valence-corrected chi connectivity index (χ1v) is 17.3. The summed E-state index contributed by atoms with van der Waals surface area (Å²) in [7, 11) is 0. The smallest absolute Gasteiger partial charge is 0.339 e. The van der Waals surface area contributed by atoms with Gasteiger partial charge in [0.1, 0.15) is 6.10 Å². The van der Waals surface area contributed by atoms with Crippen LogP contribution >= 0.6 is 0 Å². The zero-order valence-corrected chi connectivity index (χ0v) is 28.8. The van der Waals surface area contributed by atoms with E-state index in [0.717, 1.165) is 25.7 Å². The van der Waals surface area contributed by atoms with Crippen LogP contribution in [-0.2, 0) is 19.1 Å². The van der Waals surface area contributed by atoms with Crippen LogP contribution in [0.1, 0.15) is 163 Å².